The van der Waals surface area contributed by atoms with E-state index in [4.69, 9.17) is 5.11 Å². The van der Waals surface area contributed by atoms with Crippen molar-refractivity contribution >= 4 is 11.8 Å². The SMILES string of the molecule is C[C@@]12CC[C@H](CC1=O)[C@@]2(C)CCC(=O)O. The summed E-state index contributed by atoms with van der Waals surface area (Å²) in [6.07, 6.45) is 3.56. The van der Waals surface area contributed by atoms with E-state index in [0.29, 0.717) is 24.5 Å². The van der Waals surface area contributed by atoms with Crippen LogP contribution in [0.25, 0.3) is 0 Å². The van der Waals surface area contributed by atoms with Crippen molar-refractivity contribution < 1.29 is 14.7 Å². The summed E-state index contributed by atoms with van der Waals surface area (Å²) in [6.45, 7) is 4.14. The third-order valence-electron chi connectivity index (χ3n) is 5.06. The zero-order chi connectivity index (χ0) is 11.3. The predicted octanol–water partition coefficient (Wildman–Crippen LogP) is 2.25. The lowest BCUT2D eigenvalue weighted by Gasteiger charge is -2.36. The molecule has 0 aromatic carbocycles. The molecule has 2 saturated carbocycles. The second-order valence-electron chi connectivity index (χ2n) is 5.51. The smallest absolute Gasteiger partial charge is 0.303 e. The number of hydrogen-bond donors (Lipinski definition) is 1. The number of carbonyl (C=O) groups is 2. The molecule has 0 saturated heterocycles. The van der Waals surface area contributed by atoms with Gasteiger partial charge in [-0.1, -0.05) is 13.8 Å². The molecule has 3 nitrogen and oxygen atoms in total. The molecule has 0 heterocycles. The number of carboxylic acids is 1. The van der Waals surface area contributed by atoms with Crippen molar-refractivity contribution in [3.8, 4) is 0 Å². The van der Waals surface area contributed by atoms with Gasteiger partial charge in [0.05, 0.1) is 0 Å². The fraction of sp³-hybridized carbons (Fsp3) is 0.833. The zero-order valence-electron chi connectivity index (χ0n) is 9.38. The number of aliphatic carboxylic acids is 1. The molecule has 0 radical (unpaired) electrons. The molecule has 3 heteroatoms. The van der Waals surface area contributed by atoms with E-state index in [1.165, 1.54) is 0 Å². The normalized spacial score (nSPS) is 43.6. The molecule has 15 heavy (non-hydrogen) atoms. The maximum absolute atomic E-state index is 11.9. The Balaban J connectivity index is 2.21. The van der Waals surface area contributed by atoms with Gasteiger partial charge in [-0.25, -0.2) is 0 Å². The molecule has 3 atom stereocenters. The van der Waals surface area contributed by atoms with Gasteiger partial charge in [-0.2, -0.15) is 0 Å². The minimum absolute atomic E-state index is 0.0670. The first-order valence-electron chi connectivity index (χ1n) is 5.65. The Morgan fingerprint density at radius 2 is 2.20 bits per heavy atom. The highest BCUT2D eigenvalue weighted by Crippen LogP contribution is 2.65. The van der Waals surface area contributed by atoms with Gasteiger partial charge in [-0.05, 0) is 30.6 Å². The highest BCUT2D eigenvalue weighted by molar-refractivity contribution is 5.89. The molecule has 0 amide bonds. The topological polar surface area (TPSA) is 54.4 Å². The molecule has 2 aliphatic rings. The van der Waals surface area contributed by atoms with Gasteiger partial charge >= 0.3 is 5.97 Å². The number of carbonyl (C=O) groups excluding carboxylic acids is 1. The Bertz CT molecular complexity index is 323. The van der Waals surface area contributed by atoms with Crippen LogP contribution in [-0.2, 0) is 9.59 Å². The number of ketones is 1. The first kappa shape index (κ1) is 10.7. The van der Waals surface area contributed by atoms with E-state index in [2.05, 4.69) is 6.92 Å². The van der Waals surface area contributed by atoms with Crippen LogP contribution < -0.4 is 0 Å². The number of carboxylic acid groups (broad SMARTS) is 1. The first-order valence-corrected chi connectivity index (χ1v) is 5.65. The molecule has 0 spiro atoms. The Hall–Kier alpha value is -0.860. The number of hydrogen-bond acceptors (Lipinski definition) is 2. The van der Waals surface area contributed by atoms with Crippen LogP contribution in [0.15, 0.2) is 0 Å². The molecule has 2 fully saturated rings. The largest absolute Gasteiger partial charge is 0.481 e. The lowest BCUT2D eigenvalue weighted by molar-refractivity contribution is -0.139. The van der Waals surface area contributed by atoms with Crippen molar-refractivity contribution in [2.24, 2.45) is 16.7 Å². The summed E-state index contributed by atoms with van der Waals surface area (Å²) >= 11 is 0. The van der Waals surface area contributed by atoms with Gasteiger partial charge in [0.25, 0.3) is 0 Å². The first-order chi connectivity index (χ1) is 6.90. The van der Waals surface area contributed by atoms with Crippen molar-refractivity contribution in [1.29, 1.82) is 0 Å². The third kappa shape index (κ3) is 1.25. The average molecular weight is 210 g/mol. The average Bonchev–Trinajstić information content (AvgIpc) is 2.50. The summed E-state index contributed by atoms with van der Waals surface area (Å²) in [7, 11) is 0. The van der Waals surface area contributed by atoms with Crippen LogP contribution in [0.5, 0.6) is 0 Å². The maximum Gasteiger partial charge on any atom is 0.303 e. The van der Waals surface area contributed by atoms with Crippen LogP contribution in [0.3, 0.4) is 0 Å². The summed E-state index contributed by atoms with van der Waals surface area (Å²) in [5.74, 6) is 0.0274. The highest BCUT2D eigenvalue weighted by atomic mass is 16.4. The van der Waals surface area contributed by atoms with Crippen LogP contribution in [-0.4, -0.2) is 16.9 Å². The van der Waals surface area contributed by atoms with Gasteiger partial charge in [-0.15, -0.1) is 0 Å². The van der Waals surface area contributed by atoms with Gasteiger partial charge in [0.15, 0.2) is 0 Å². The van der Waals surface area contributed by atoms with Crippen molar-refractivity contribution in [1.82, 2.24) is 0 Å². The van der Waals surface area contributed by atoms with Crippen LogP contribution in [0.4, 0.5) is 0 Å². The molecule has 84 valence electrons. The van der Waals surface area contributed by atoms with Crippen LogP contribution in [0.1, 0.15) is 46.0 Å². The lowest BCUT2D eigenvalue weighted by Crippen LogP contribution is -2.35. The van der Waals surface area contributed by atoms with Crippen LogP contribution in [0.2, 0.25) is 0 Å². The van der Waals surface area contributed by atoms with Crippen LogP contribution in [0, 0.1) is 16.7 Å². The summed E-state index contributed by atoms with van der Waals surface area (Å²) < 4.78 is 0. The van der Waals surface area contributed by atoms with E-state index in [0.717, 1.165) is 12.8 Å². The minimum atomic E-state index is -0.751. The molecule has 1 N–H and O–H groups in total. The van der Waals surface area contributed by atoms with Gasteiger partial charge in [0.2, 0.25) is 0 Å². The molecule has 0 unspecified atom stereocenters. The van der Waals surface area contributed by atoms with E-state index in [-0.39, 0.29) is 17.3 Å². The Morgan fingerprint density at radius 3 is 2.60 bits per heavy atom. The Morgan fingerprint density at radius 1 is 1.53 bits per heavy atom. The van der Waals surface area contributed by atoms with Crippen molar-refractivity contribution in [2.75, 3.05) is 0 Å². The van der Waals surface area contributed by atoms with E-state index in [1.807, 2.05) is 6.92 Å². The van der Waals surface area contributed by atoms with Gasteiger partial charge in [0, 0.05) is 18.3 Å². The minimum Gasteiger partial charge on any atom is -0.481 e. The number of Topliss-reactive ketones (excluding diaryl/α,β-unsaturated/α-hetero) is 1. The number of fused-ring (bicyclic) bond motifs is 2. The Labute approximate surface area is 89.9 Å². The highest BCUT2D eigenvalue weighted by Gasteiger charge is 2.63. The summed E-state index contributed by atoms with van der Waals surface area (Å²) in [4.78, 5) is 22.5. The molecule has 0 aromatic heterocycles. The van der Waals surface area contributed by atoms with Gasteiger partial charge in [0.1, 0.15) is 5.78 Å². The standard InChI is InChI=1S/C12H18O3/c1-11(6-4-10(14)15)8-3-5-12(11,2)9(13)7-8/h8H,3-7H2,1-2H3,(H,14,15)/t8-,11-,12-/m1/s1. The Kier molecular flexibility index (Phi) is 2.18. The molecule has 0 aromatic rings. The zero-order valence-corrected chi connectivity index (χ0v) is 9.38. The van der Waals surface area contributed by atoms with E-state index >= 15 is 0 Å². The van der Waals surface area contributed by atoms with E-state index in [9.17, 15) is 9.59 Å². The van der Waals surface area contributed by atoms with E-state index in [1.54, 1.807) is 0 Å². The fourth-order valence-electron chi connectivity index (χ4n) is 3.60. The summed E-state index contributed by atoms with van der Waals surface area (Å²) in [6, 6.07) is 0. The van der Waals surface area contributed by atoms with Gasteiger partial charge < -0.3 is 5.11 Å². The second kappa shape index (κ2) is 3.06. The van der Waals surface area contributed by atoms with Crippen molar-refractivity contribution in [2.45, 2.75) is 46.0 Å². The fourth-order valence-corrected chi connectivity index (χ4v) is 3.60. The predicted molar refractivity (Wildman–Crippen MR) is 55.4 cm³/mol. The molecule has 2 rings (SSSR count). The third-order valence-corrected chi connectivity index (χ3v) is 5.06. The maximum atomic E-state index is 11.9. The lowest BCUT2D eigenvalue weighted by atomic mass is 9.66. The monoisotopic (exact) mass is 210 g/mol. The van der Waals surface area contributed by atoms with Crippen molar-refractivity contribution in [3.05, 3.63) is 0 Å². The van der Waals surface area contributed by atoms with Crippen molar-refractivity contribution in [3.63, 3.8) is 0 Å². The molecular weight excluding hydrogens is 192 g/mol. The number of rotatable bonds is 3. The molecule has 0 aliphatic heterocycles. The molecular formula is C12H18O3. The second-order valence-corrected chi connectivity index (χ2v) is 5.51. The van der Waals surface area contributed by atoms with Crippen LogP contribution >= 0.6 is 0 Å². The summed E-state index contributed by atoms with van der Waals surface area (Å²) in [5.41, 5.74) is -0.310. The molecule has 2 bridgehead atoms. The quantitative estimate of drug-likeness (QED) is 0.777. The van der Waals surface area contributed by atoms with E-state index < -0.39 is 5.97 Å². The summed E-state index contributed by atoms with van der Waals surface area (Å²) in [5, 5.41) is 8.75. The molecule has 2 aliphatic carbocycles. The van der Waals surface area contributed by atoms with Gasteiger partial charge in [-0.3, -0.25) is 9.59 Å².